The molecule has 30 heavy (non-hydrogen) atoms. The summed E-state index contributed by atoms with van der Waals surface area (Å²) in [6.07, 6.45) is 0. The zero-order valence-electron chi connectivity index (χ0n) is 17.0. The molecular formula is C23H22N4O3. The van der Waals surface area contributed by atoms with E-state index in [1.165, 1.54) is 0 Å². The van der Waals surface area contributed by atoms with Gasteiger partial charge in [-0.25, -0.2) is 4.68 Å². The summed E-state index contributed by atoms with van der Waals surface area (Å²) in [5.74, 6) is 1.38. The van der Waals surface area contributed by atoms with E-state index >= 15 is 0 Å². The van der Waals surface area contributed by atoms with Crippen LogP contribution < -0.4 is 19.9 Å². The molecule has 152 valence electrons. The van der Waals surface area contributed by atoms with Gasteiger partial charge in [-0.3, -0.25) is 0 Å². The number of rotatable bonds is 5. The first kappa shape index (κ1) is 19.4. The van der Waals surface area contributed by atoms with Gasteiger partial charge < -0.3 is 19.9 Å². The summed E-state index contributed by atoms with van der Waals surface area (Å²) in [5.41, 5.74) is 9.76. The van der Waals surface area contributed by atoms with Gasteiger partial charge >= 0.3 is 0 Å². The highest BCUT2D eigenvalue weighted by Crippen LogP contribution is 2.46. The lowest BCUT2D eigenvalue weighted by Crippen LogP contribution is -2.22. The largest absolute Gasteiger partial charge is 0.493 e. The Balaban J connectivity index is 1.91. The van der Waals surface area contributed by atoms with E-state index in [9.17, 15) is 5.26 Å². The average molecular weight is 402 g/mol. The van der Waals surface area contributed by atoms with Gasteiger partial charge in [0.1, 0.15) is 11.6 Å². The van der Waals surface area contributed by atoms with Crippen molar-refractivity contribution in [1.29, 1.82) is 5.26 Å². The number of nitrogens with two attached hydrogens (primary N) is 1. The van der Waals surface area contributed by atoms with E-state index in [1.54, 1.807) is 11.8 Å². The van der Waals surface area contributed by atoms with E-state index in [4.69, 9.17) is 19.9 Å². The Labute approximate surface area is 174 Å². The minimum Gasteiger partial charge on any atom is -0.493 e. The summed E-state index contributed by atoms with van der Waals surface area (Å²) in [5, 5.41) is 14.5. The second kappa shape index (κ2) is 7.84. The summed E-state index contributed by atoms with van der Waals surface area (Å²) >= 11 is 0. The molecule has 7 nitrogen and oxygen atoms in total. The molecule has 2 heterocycles. The molecule has 4 rings (SSSR count). The van der Waals surface area contributed by atoms with E-state index in [1.807, 2.05) is 62.4 Å². The van der Waals surface area contributed by atoms with Crippen LogP contribution in [-0.4, -0.2) is 23.5 Å². The minimum atomic E-state index is -0.430. The van der Waals surface area contributed by atoms with E-state index < -0.39 is 5.92 Å². The van der Waals surface area contributed by atoms with Crippen molar-refractivity contribution in [3.8, 4) is 29.1 Å². The average Bonchev–Trinajstić information content (AvgIpc) is 3.09. The maximum atomic E-state index is 9.85. The van der Waals surface area contributed by atoms with Crippen LogP contribution in [0.3, 0.4) is 0 Å². The fourth-order valence-electron chi connectivity index (χ4n) is 3.73. The lowest BCUT2D eigenvalue weighted by atomic mass is 9.84. The first-order chi connectivity index (χ1) is 14.6. The number of hydrogen-bond acceptors (Lipinski definition) is 6. The van der Waals surface area contributed by atoms with Crippen molar-refractivity contribution in [1.82, 2.24) is 9.78 Å². The third kappa shape index (κ3) is 3.12. The van der Waals surface area contributed by atoms with Gasteiger partial charge in [-0.2, -0.15) is 10.4 Å². The Kier molecular flexibility index (Phi) is 5.07. The number of para-hydroxylation sites is 1. The van der Waals surface area contributed by atoms with Gasteiger partial charge in [0.25, 0.3) is 0 Å². The predicted molar refractivity (Wildman–Crippen MR) is 112 cm³/mol. The second-order valence-corrected chi connectivity index (χ2v) is 6.82. The summed E-state index contributed by atoms with van der Waals surface area (Å²) in [6.45, 7) is 4.34. The van der Waals surface area contributed by atoms with Crippen molar-refractivity contribution >= 4 is 0 Å². The molecule has 0 bridgehead atoms. The van der Waals surface area contributed by atoms with Crippen LogP contribution >= 0.6 is 0 Å². The number of aryl methyl sites for hydroxylation is 1. The number of aromatic nitrogens is 2. The van der Waals surface area contributed by atoms with Crippen molar-refractivity contribution in [2.75, 3.05) is 13.7 Å². The van der Waals surface area contributed by atoms with E-state index in [-0.39, 0.29) is 5.88 Å². The Bertz CT molecular complexity index is 1160. The van der Waals surface area contributed by atoms with Crippen LogP contribution in [0.5, 0.6) is 17.4 Å². The van der Waals surface area contributed by atoms with Crippen molar-refractivity contribution in [2.45, 2.75) is 19.8 Å². The molecule has 1 atom stereocenters. The summed E-state index contributed by atoms with van der Waals surface area (Å²) in [6, 6.07) is 17.5. The molecule has 0 fully saturated rings. The molecule has 0 saturated heterocycles. The fourth-order valence-corrected chi connectivity index (χ4v) is 3.73. The first-order valence-corrected chi connectivity index (χ1v) is 9.62. The highest BCUT2D eigenvalue weighted by molar-refractivity contribution is 5.59. The number of nitrogens with zero attached hydrogens (tertiary/aromatic N) is 3. The highest BCUT2D eigenvalue weighted by Gasteiger charge is 2.36. The quantitative estimate of drug-likeness (QED) is 0.697. The Hall–Kier alpha value is -3.92. The zero-order valence-corrected chi connectivity index (χ0v) is 17.0. The monoisotopic (exact) mass is 402 g/mol. The van der Waals surface area contributed by atoms with Gasteiger partial charge in [0.2, 0.25) is 11.8 Å². The lowest BCUT2D eigenvalue weighted by Gasteiger charge is -2.25. The molecule has 1 aliphatic heterocycles. The van der Waals surface area contributed by atoms with Crippen LogP contribution in [-0.2, 0) is 0 Å². The lowest BCUT2D eigenvalue weighted by molar-refractivity contribution is 0.310. The topological polar surface area (TPSA) is 95.3 Å². The third-order valence-corrected chi connectivity index (χ3v) is 5.05. The third-order valence-electron chi connectivity index (χ3n) is 5.05. The Morgan fingerprint density at radius 1 is 1.20 bits per heavy atom. The van der Waals surface area contributed by atoms with Crippen LogP contribution in [0.25, 0.3) is 5.69 Å². The number of fused-ring (bicyclic) bond motifs is 1. The van der Waals surface area contributed by atoms with Gasteiger partial charge in [-0.1, -0.05) is 24.3 Å². The van der Waals surface area contributed by atoms with Gasteiger partial charge in [0.05, 0.1) is 36.6 Å². The molecule has 0 spiro atoms. The molecule has 3 aromatic rings. The molecule has 1 aromatic heterocycles. The molecule has 0 amide bonds. The molecule has 7 heteroatoms. The maximum Gasteiger partial charge on any atom is 0.229 e. The van der Waals surface area contributed by atoms with Crippen molar-refractivity contribution in [3.05, 3.63) is 76.8 Å². The molecule has 0 radical (unpaired) electrons. The molecule has 2 N–H and O–H groups in total. The SMILES string of the molecule is CCOc1ccc(C2C(C#N)=C(N)Oc3c2c(C)nn3-c2ccccc2)cc1OC. The predicted octanol–water partition coefficient (Wildman–Crippen LogP) is 3.81. The van der Waals surface area contributed by atoms with Crippen molar-refractivity contribution in [3.63, 3.8) is 0 Å². The number of benzene rings is 2. The van der Waals surface area contributed by atoms with Crippen molar-refractivity contribution in [2.24, 2.45) is 5.73 Å². The summed E-state index contributed by atoms with van der Waals surface area (Å²) in [4.78, 5) is 0. The summed E-state index contributed by atoms with van der Waals surface area (Å²) < 4.78 is 18.7. The minimum absolute atomic E-state index is 0.0694. The smallest absolute Gasteiger partial charge is 0.229 e. The number of hydrogen-bond donors (Lipinski definition) is 1. The molecule has 0 aliphatic carbocycles. The van der Waals surface area contributed by atoms with Gasteiger partial charge in [0.15, 0.2) is 11.5 Å². The zero-order chi connectivity index (χ0) is 21.3. The molecule has 0 saturated carbocycles. The van der Waals surface area contributed by atoms with Gasteiger partial charge in [0, 0.05) is 0 Å². The van der Waals surface area contributed by atoms with Crippen LogP contribution in [0.4, 0.5) is 0 Å². The van der Waals surface area contributed by atoms with E-state index in [2.05, 4.69) is 11.2 Å². The van der Waals surface area contributed by atoms with Gasteiger partial charge in [-0.05, 0) is 43.7 Å². The number of ether oxygens (including phenoxy) is 3. The first-order valence-electron chi connectivity index (χ1n) is 9.62. The molecular weight excluding hydrogens is 380 g/mol. The van der Waals surface area contributed by atoms with Crippen LogP contribution in [0.2, 0.25) is 0 Å². The summed E-state index contributed by atoms with van der Waals surface area (Å²) in [7, 11) is 1.59. The standard InChI is InChI=1S/C23H22N4O3/c1-4-29-18-11-10-15(12-19(18)28-3)21-17(13-24)22(25)30-23-20(21)14(2)26-27(23)16-8-6-5-7-9-16/h5-12,21H,4,25H2,1-3H3. The normalized spacial score (nSPS) is 15.2. The fraction of sp³-hybridized carbons (Fsp3) is 0.217. The van der Waals surface area contributed by atoms with Crippen LogP contribution in [0.15, 0.2) is 60.0 Å². The molecule has 1 unspecified atom stereocenters. The molecule has 2 aromatic carbocycles. The van der Waals surface area contributed by atoms with E-state index in [0.29, 0.717) is 29.6 Å². The van der Waals surface area contributed by atoms with Crippen molar-refractivity contribution < 1.29 is 14.2 Å². The second-order valence-electron chi connectivity index (χ2n) is 6.82. The Morgan fingerprint density at radius 2 is 1.97 bits per heavy atom. The highest BCUT2D eigenvalue weighted by atomic mass is 16.5. The van der Waals surface area contributed by atoms with Gasteiger partial charge in [-0.15, -0.1) is 0 Å². The molecule has 1 aliphatic rings. The number of methoxy groups -OCH3 is 1. The van der Waals surface area contributed by atoms with E-state index in [0.717, 1.165) is 22.5 Å². The van der Waals surface area contributed by atoms with Crippen LogP contribution in [0.1, 0.15) is 29.7 Å². The number of allylic oxidation sites excluding steroid dienone is 1. The maximum absolute atomic E-state index is 9.85. The van der Waals surface area contributed by atoms with Crippen LogP contribution in [0, 0.1) is 18.3 Å². The Morgan fingerprint density at radius 3 is 2.63 bits per heavy atom. The number of nitriles is 1.